The Bertz CT molecular complexity index is 551. The first-order valence-corrected chi connectivity index (χ1v) is 8.33. The number of nitrogens with zero attached hydrogens (tertiary/aromatic N) is 2. The molecule has 1 unspecified atom stereocenters. The molecule has 2 heterocycles. The Balaban J connectivity index is 1.66. The van der Waals surface area contributed by atoms with E-state index < -0.39 is 5.60 Å². The fraction of sp³-hybridized carbons (Fsp3) is 0.611. The standard InChI is InChI=1S/C18H26N2O3/c1-17(22,15-6-4-3-5-7-15)16(21)20-10-8-18(9-11-20)14-19(2)12-13-23-18/h3-7,22H,8-14H2,1-2H3. The normalized spacial score (nSPS) is 24.4. The van der Waals surface area contributed by atoms with E-state index in [0.717, 1.165) is 32.5 Å². The van der Waals surface area contributed by atoms with Crippen molar-refractivity contribution in [3.05, 3.63) is 35.9 Å². The molecule has 2 fully saturated rings. The lowest BCUT2D eigenvalue weighted by atomic mass is 9.87. The highest BCUT2D eigenvalue weighted by molar-refractivity contribution is 5.86. The van der Waals surface area contributed by atoms with E-state index >= 15 is 0 Å². The Morgan fingerprint density at radius 1 is 1.22 bits per heavy atom. The number of hydrogen-bond acceptors (Lipinski definition) is 4. The molecule has 2 saturated heterocycles. The molecule has 1 atom stereocenters. The lowest BCUT2D eigenvalue weighted by molar-refractivity contribution is -0.162. The predicted molar refractivity (Wildman–Crippen MR) is 88.0 cm³/mol. The quantitative estimate of drug-likeness (QED) is 0.891. The second kappa shape index (κ2) is 6.23. The number of hydrogen-bond donors (Lipinski definition) is 1. The summed E-state index contributed by atoms with van der Waals surface area (Å²) in [6, 6.07) is 9.15. The predicted octanol–water partition coefficient (Wildman–Crippen LogP) is 1.22. The first-order chi connectivity index (χ1) is 10.9. The van der Waals surface area contributed by atoms with E-state index in [0.29, 0.717) is 18.7 Å². The smallest absolute Gasteiger partial charge is 0.258 e. The van der Waals surface area contributed by atoms with Crippen LogP contribution in [0.2, 0.25) is 0 Å². The van der Waals surface area contributed by atoms with Crippen molar-refractivity contribution >= 4 is 5.91 Å². The fourth-order valence-electron chi connectivity index (χ4n) is 3.65. The first-order valence-electron chi connectivity index (χ1n) is 8.33. The zero-order valence-electron chi connectivity index (χ0n) is 14.0. The van der Waals surface area contributed by atoms with Gasteiger partial charge in [-0.1, -0.05) is 30.3 Å². The van der Waals surface area contributed by atoms with Gasteiger partial charge in [0.05, 0.1) is 12.2 Å². The number of ether oxygens (including phenoxy) is 1. The molecule has 23 heavy (non-hydrogen) atoms. The number of rotatable bonds is 2. The number of carbonyl (C=O) groups excluding carboxylic acids is 1. The Labute approximate surface area is 137 Å². The summed E-state index contributed by atoms with van der Waals surface area (Å²) in [6.45, 7) is 5.49. The molecule has 0 bridgehead atoms. The van der Waals surface area contributed by atoms with Crippen molar-refractivity contribution in [1.29, 1.82) is 0 Å². The zero-order valence-corrected chi connectivity index (χ0v) is 14.0. The molecule has 3 rings (SSSR count). The van der Waals surface area contributed by atoms with Gasteiger partial charge in [-0.15, -0.1) is 0 Å². The molecule has 1 amide bonds. The van der Waals surface area contributed by atoms with Crippen molar-refractivity contribution in [3.8, 4) is 0 Å². The highest BCUT2D eigenvalue weighted by Crippen LogP contribution is 2.32. The number of likely N-dealkylation sites (N-methyl/N-ethyl adjacent to an activating group) is 1. The Kier molecular flexibility index (Phi) is 4.45. The minimum absolute atomic E-state index is 0.123. The van der Waals surface area contributed by atoms with Crippen molar-refractivity contribution in [2.75, 3.05) is 39.8 Å². The second-order valence-electron chi connectivity index (χ2n) is 7.00. The fourth-order valence-corrected chi connectivity index (χ4v) is 3.65. The van der Waals surface area contributed by atoms with Crippen molar-refractivity contribution in [3.63, 3.8) is 0 Å². The highest BCUT2D eigenvalue weighted by atomic mass is 16.5. The molecule has 0 aromatic heterocycles. The van der Waals surface area contributed by atoms with Crippen molar-refractivity contribution in [1.82, 2.24) is 9.80 Å². The monoisotopic (exact) mass is 318 g/mol. The van der Waals surface area contributed by atoms with E-state index in [2.05, 4.69) is 11.9 Å². The third kappa shape index (κ3) is 3.27. The summed E-state index contributed by atoms with van der Waals surface area (Å²) in [4.78, 5) is 16.8. The maximum atomic E-state index is 12.8. The Morgan fingerprint density at radius 3 is 2.48 bits per heavy atom. The van der Waals surface area contributed by atoms with Crippen LogP contribution in [0.4, 0.5) is 0 Å². The average Bonchev–Trinajstić information content (AvgIpc) is 2.55. The summed E-state index contributed by atoms with van der Waals surface area (Å²) >= 11 is 0. The minimum atomic E-state index is -1.48. The van der Waals surface area contributed by atoms with Gasteiger partial charge in [-0.3, -0.25) is 4.79 Å². The van der Waals surface area contributed by atoms with Crippen LogP contribution in [0.15, 0.2) is 30.3 Å². The summed E-state index contributed by atoms with van der Waals surface area (Å²) in [7, 11) is 2.11. The van der Waals surface area contributed by atoms with Crippen LogP contribution in [-0.2, 0) is 15.1 Å². The van der Waals surface area contributed by atoms with Gasteiger partial charge < -0.3 is 19.6 Å². The number of aliphatic hydroxyl groups is 1. The molecule has 5 nitrogen and oxygen atoms in total. The number of carbonyl (C=O) groups is 1. The lowest BCUT2D eigenvalue weighted by Gasteiger charge is -2.47. The van der Waals surface area contributed by atoms with E-state index in [4.69, 9.17) is 4.74 Å². The van der Waals surface area contributed by atoms with Gasteiger partial charge in [0.2, 0.25) is 0 Å². The minimum Gasteiger partial charge on any atom is -0.376 e. The molecule has 0 radical (unpaired) electrons. The molecule has 1 aromatic rings. The lowest BCUT2D eigenvalue weighted by Crippen LogP contribution is -2.58. The van der Waals surface area contributed by atoms with Crippen LogP contribution >= 0.6 is 0 Å². The first kappa shape index (κ1) is 16.4. The van der Waals surface area contributed by atoms with Crippen molar-refractivity contribution in [2.24, 2.45) is 0 Å². The number of amides is 1. The Hall–Kier alpha value is -1.43. The van der Waals surface area contributed by atoms with E-state index in [-0.39, 0.29) is 11.5 Å². The molecule has 1 N–H and O–H groups in total. The molecule has 5 heteroatoms. The van der Waals surface area contributed by atoms with Gasteiger partial charge in [0, 0.05) is 26.2 Å². The van der Waals surface area contributed by atoms with E-state index in [1.807, 2.05) is 18.2 Å². The largest absolute Gasteiger partial charge is 0.376 e. The summed E-state index contributed by atoms with van der Waals surface area (Å²) in [6.07, 6.45) is 1.65. The van der Waals surface area contributed by atoms with E-state index in [1.54, 1.807) is 24.0 Å². The maximum absolute atomic E-state index is 12.8. The molecule has 1 spiro atoms. The number of morpholine rings is 1. The van der Waals surface area contributed by atoms with Gasteiger partial charge in [0.15, 0.2) is 5.60 Å². The summed E-state index contributed by atoms with van der Waals surface area (Å²) in [5.74, 6) is -0.220. The van der Waals surface area contributed by atoms with Gasteiger partial charge in [0.25, 0.3) is 5.91 Å². The van der Waals surface area contributed by atoms with Gasteiger partial charge in [0.1, 0.15) is 0 Å². The topological polar surface area (TPSA) is 53.0 Å². The van der Waals surface area contributed by atoms with Crippen molar-refractivity contribution < 1.29 is 14.6 Å². The molecule has 2 aliphatic rings. The molecular formula is C18H26N2O3. The van der Waals surface area contributed by atoms with Crippen LogP contribution < -0.4 is 0 Å². The van der Waals surface area contributed by atoms with Crippen LogP contribution in [-0.4, -0.2) is 66.2 Å². The molecule has 1 aromatic carbocycles. The average molecular weight is 318 g/mol. The third-order valence-corrected chi connectivity index (χ3v) is 5.15. The molecular weight excluding hydrogens is 292 g/mol. The second-order valence-corrected chi connectivity index (χ2v) is 7.00. The summed E-state index contributed by atoms with van der Waals surface area (Å²) in [5, 5.41) is 10.7. The maximum Gasteiger partial charge on any atom is 0.258 e. The summed E-state index contributed by atoms with van der Waals surface area (Å²) < 4.78 is 6.03. The molecule has 126 valence electrons. The van der Waals surface area contributed by atoms with E-state index in [9.17, 15) is 9.90 Å². The Morgan fingerprint density at radius 2 is 1.87 bits per heavy atom. The van der Waals surface area contributed by atoms with Crippen LogP contribution in [0, 0.1) is 0 Å². The molecule has 0 saturated carbocycles. The number of piperidine rings is 1. The highest BCUT2D eigenvalue weighted by Gasteiger charge is 2.43. The van der Waals surface area contributed by atoms with Gasteiger partial charge in [-0.05, 0) is 32.4 Å². The van der Waals surface area contributed by atoms with Crippen LogP contribution in [0.1, 0.15) is 25.3 Å². The zero-order chi connectivity index (χ0) is 16.5. The van der Waals surface area contributed by atoms with Crippen LogP contribution in [0.25, 0.3) is 0 Å². The summed E-state index contributed by atoms with van der Waals surface area (Å²) in [5.41, 5.74) is -0.961. The van der Waals surface area contributed by atoms with Gasteiger partial charge in [-0.2, -0.15) is 0 Å². The third-order valence-electron chi connectivity index (χ3n) is 5.15. The van der Waals surface area contributed by atoms with Gasteiger partial charge >= 0.3 is 0 Å². The number of likely N-dealkylation sites (tertiary alicyclic amines) is 1. The van der Waals surface area contributed by atoms with Crippen LogP contribution in [0.3, 0.4) is 0 Å². The van der Waals surface area contributed by atoms with Crippen LogP contribution in [0.5, 0.6) is 0 Å². The number of benzene rings is 1. The van der Waals surface area contributed by atoms with E-state index in [1.165, 1.54) is 0 Å². The van der Waals surface area contributed by atoms with Crippen molar-refractivity contribution in [2.45, 2.75) is 31.0 Å². The SMILES string of the molecule is CN1CCOC2(CCN(C(=O)C(C)(O)c3ccccc3)CC2)C1. The molecule has 0 aliphatic carbocycles. The molecule has 2 aliphatic heterocycles. The van der Waals surface area contributed by atoms with Gasteiger partial charge in [-0.25, -0.2) is 0 Å².